The average molecular weight is 253 g/mol. The molecule has 2 nitrogen and oxygen atoms in total. The van der Waals surface area contributed by atoms with Gasteiger partial charge in [0.15, 0.2) is 0 Å². The van der Waals surface area contributed by atoms with Gasteiger partial charge in [-0.1, -0.05) is 20.8 Å². The van der Waals surface area contributed by atoms with Crippen LogP contribution in [0.4, 0.5) is 0 Å². The quantitative estimate of drug-likeness (QED) is 0.763. The van der Waals surface area contributed by atoms with E-state index in [2.05, 4.69) is 52.7 Å². The SMILES string of the molecule is CC(C)(C)c1cc2nccc(Br)c2[nH]1. The number of aromatic nitrogens is 2. The molecule has 0 aliphatic heterocycles. The largest absolute Gasteiger partial charge is 0.356 e. The van der Waals surface area contributed by atoms with E-state index in [1.807, 2.05) is 12.3 Å². The fraction of sp³-hybridized carbons (Fsp3) is 0.364. The Morgan fingerprint density at radius 1 is 1.36 bits per heavy atom. The Bertz CT molecular complexity index is 466. The van der Waals surface area contributed by atoms with Crippen LogP contribution in [0.3, 0.4) is 0 Å². The molecule has 2 heterocycles. The van der Waals surface area contributed by atoms with Gasteiger partial charge < -0.3 is 4.98 Å². The molecule has 0 saturated heterocycles. The number of halogens is 1. The lowest BCUT2D eigenvalue weighted by Crippen LogP contribution is -2.10. The van der Waals surface area contributed by atoms with Gasteiger partial charge >= 0.3 is 0 Å². The normalized spacial score (nSPS) is 12.3. The van der Waals surface area contributed by atoms with Gasteiger partial charge in [0.1, 0.15) is 0 Å². The Kier molecular flexibility index (Phi) is 2.14. The molecule has 2 aromatic heterocycles. The van der Waals surface area contributed by atoms with Crippen molar-refractivity contribution < 1.29 is 0 Å². The molecule has 1 N–H and O–H groups in total. The number of nitrogens with one attached hydrogen (secondary N) is 1. The van der Waals surface area contributed by atoms with E-state index in [4.69, 9.17) is 0 Å². The van der Waals surface area contributed by atoms with Crippen molar-refractivity contribution in [1.29, 1.82) is 0 Å². The van der Waals surface area contributed by atoms with Crippen molar-refractivity contribution in [3.8, 4) is 0 Å². The minimum Gasteiger partial charge on any atom is -0.356 e. The molecule has 14 heavy (non-hydrogen) atoms. The number of hydrogen-bond acceptors (Lipinski definition) is 1. The average Bonchev–Trinajstić information content (AvgIpc) is 2.48. The molecule has 0 radical (unpaired) electrons. The van der Waals surface area contributed by atoms with Gasteiger partial charge in [-0.2, -0.15) is 0 Å². The molecule has 0 bridgehead atoms. The zero-order valence-corrected chi connectivity index (χ0v) is 10.1. The van der Waals surface area contributed by atoms with E-state index in [1.165, 1.54) is 5.69 Å². The van der Waals surface area contributed by atoms with Gasteiger partial charge in [0, 0.05) is 21.8 Å². The van der Waals surface area contributed by atoms with Crippen molar-refractivity contribution in [2.24, 2.45) is 0 Å². The van der Waals surface area contributed by atoms with E-state index in [0.717, 1.165) is 15.5 Å². The molecule has 0 saturated carbocycles. The number of hydrogen-bond donors (Lipinski definition) is 1. The van der Waals surface area contributed by atoms with Gasteiger partial charge in [-0.05, 0) is 28.1 Å². The Hall–Kier alpha value is -0.830. The highest BCUT2D eigenvalue weighted by molar-refractivity contribution is 9.10. The number of rotatable bonds is 0. The summed E-state index contributed by atoms with van der Waals surface area (Å²) >= 11 is 3.51. The highest BCUT2D eigenvalue weighted by atomic mass is 79.9. The zero-order chi connectivity index (χ0) is 10.3. The molecule has 0 aromatic carbocycles. The third-order valence-electron chi connectivity index (χ3n) is 2.28. The fourth-order valence-corrected chi connectivity index (χ4v) is 1.82. The summed E-state index contributed by atoms with van der Waals surface area (Å²) in [6, 6.07) is 4.06. The van der Waals surface area contributed by atoms with Gasteiger partial charge in [0.05, 0.1) is 11.0 Å². The van der Waals surface area contributed by atoms with Crippen molar-refractivity contribution in [1.82, 2.24) is 9.97 Å². The number of fused-ring (bicyclic) bond motifs is 1. The monoisotopic (exact) mass is 252 g/mol. The summed E-state index contributed by atoms with van der Waals surface area (Å²) in [5.41, 5.74) is 3.45. The topological polar surface area (TPSA) is 28.7 Å². The second-order valence-corrected chi connectivity index (χ2v) is 5.34. The molecule has 0 unspecified atom stereocenters. The van der Waals surface area contributed by atoms with Crippen LogP contribution in [0, 0.1) is 0 Å². The van der Waals surface area contributed by atoms with Crippen LogP contribution < -0.4 is 0 Å². The lowest BCUT2D eigenvalue weighted by molar-refractivity contribution is 0.574. The van der Waals surface area contributed by atoms with Crippen LogP contribution in [-0.4, -0.2) is 9.97 Å². The van der Waals surface area contributed by atoms with E-state index >= 15 is 0 Å². The van der Waals surface area contributed by atoms with Crippen molar-refractivity contribution in [3.05, 3.63) is 28.5 Å². The summed E-state index contributed by atoms with van der Waals surface area (Å²) in [4.78, 5) is 7.71. The van der Waals surface area contributed by atoms with Crippen LogP contribution in [0.2, 0.25) is 0 Å². The summed E-state index contributed by atoms with van der Waals surface area (Å²) in [6.07, 6.45) is 1.81. The first-order valence-electron chi connectivity index (χ1n) is 4.62. The standard InChI is InChI=1S/C11H13BrN2/c1-11(2,3)9-6-8-10(14-9)7(12)4-5-13-8/h4-6,14H,1-3H3. The second kappa shape index (κ2) is 3.09. The van der Waals surface area contributed by atoms with Crippen LogP contribution in [0.15, 0.2) is 22.8 Å². The molecule has 2 aromatic rings. The number of H-pyrrole nitrogens is 1. The van der Waals surface area contributed by atoms with Crippen molar-refractivity contribution >= 4 is 27.0 Å². The first-order valence-corrected chi connectivity index (χ1v) is 5.41. The first-order chi connectivity index (χ1) is 6.48. The van der Waals surface area contributed by atoms with Crippen LogP contribution in [0.1, 0.15) is 26.5 Å². The van der Waals surface area contributed by atoms with Gasteiger partial charge in [-0.25, -0.2) is 0 Å². The molecule has 0 spiro atoms. The summed E-state index contributed by atoms with van der Waals surface area (Å²) in [6.45, 7) is 6.56. The zero-order valence-electron chi connectivity index (χ0n) is 8.56. The molecular formula is C11H13BrN2. The van der Waals surface area contributed by atoms with Crippen LogP contribution in [0.25, 0.3) is 11.0 Å². The minimum absolute atomic E-state index is 0.139. The predicted molar refractivity (Wildman–Crippen MR) is 62.5 cm³/mol. The van der Waals surface area contributed by atoms with Crippen molar-refractivity contribution in [3.63, 3.8) is 0 Å². The fourth-order valence-electron chi connectivity index (χ4n) is 1.40. The summed E-state index contributed by atoms with van der Waals surface area (Å²) < 4.78 is 1.07. The number of nitrogens with zero attached hydrogens (tertiary/aromatic N) is 1. The molecule has 0 fully saturated rings. The van der Waals surface area contributed by atoms with E-state index in [0.29, 0.717) is 0 Å². The van der Waals surface area contributed by atoms with Crippen LogP contribution >= 0.6 is 15.9 Å². The Labute approximate surface area is 91.9 Å². The van der Waals surface area contributed by atoms with Crippen LogP contribution in [-0.2, 0) is 5.41 Å². The molecular weight excluding hydrogens is 240 g/mol. The maximum atomic E-state index is 4.31. The molecule has 0 atom stereocenters. The molecule has 0 amide bonds. The lowest BCUT2D eigenvalue weighted by atomic mass is 9.93. The Balaban J connectivity index is 2.69. The maximum absolute atomic E-state index is 4.31. The Morgan fingerprint density at radius 2 is 2.07 bits per heavy atom. The third-order valence-corrected chi connectivity index (χ3v) is 2.94. The summed E-state index contributed by atoms with van der Waals surface area (Å²) in [7, 11) is 0. The second-order valence-electron chi connectivity index (χ2n) is 4.49. The van der Waals surface area contributed by atoms with Crippen LogP contribution in [0.5, 0.6) is 0 Å². The first kappa shape index (κ1) is 9.71. The lowest BCUT2D eigenvalue weighted by Gasteiger charge is -2.15. The smallest absolute Gasteiger partial charge is 0.0893 e. The van der Waals surface area contributed by atoms with Crippen molar-refractivity contribution in [2.75, 3.05) is 0 Å². The minimum atomic E-state index is 0.139. The molecule has 74 valence electrons. The van der Waals surface area contributed by atoms with Gasteiger partial charge in [-0.3, -0.25) is 4.98 Å². The predicted octanol–water partition coefficient (Wildman–Crippen LogP) is 3.62. The highest BCUT2D eigenvalue weighted by Crippen LogP contribution is 2.28. The number of pyridine rings is 1. The van der Waals surface area contributed by atoms with E-state index in [1.54, 1.807) is 0 Å². The molecule has 3 heteroatoms. The van der Waals surface area contributed by atoms with Crippen molar-refractivity contribution in [2.45, 2.75) is 26.2 Å². The van der Waals surface area contributed by atoms with E-state index in [9.17, 15) is 0 Å². The molecule has 0 aliphatic carbocycles. The molecule has 0 aliphatic rings. The van der Waals surface area contributed by atoms with Gasteiger partial charge in [0.25, 0.3) is 0 Å². The molecule has 2 rings (SSSR count). The highest BCUT2D eigenvalue weighted by Gasteiger charge is 2.17. The Morgan fingerprint density at radius 3 is 2.64 bits per heavy atom. The summed E-state index contributed by atoms with van der Waals surface area (Å²) in [5, 5.41) is 0. The van der Waals surface area contributed by atoms with Gasteiger partial charge in [0.2, 0.25) is 0 Å². The third kappa shape index (κ3) is 1.57. The van der Waals surface area contributed by atoms with Gasteiger partial charge in [-0.15, -0.1) is 0 Å². The maximum Gasteiger partial charge on any atom is 0.0893 e. The number of aromatic amines is 1. The van der Waals surface area contributed by atoms with E-state index < -0.39 is 0 Å². The summed E-state index contributed by atoms with van der Waals surface area (Å²) in [5.74, 6) is 0. The van der Waals surface area contributed by atoms with E-state index in [-0.39, 0.29) is 5.41 Å².